The van der Waals surface area contributed by atoms with Crippen LogP contribution in [0.4, 0.5) is 4.39 Å². The van der Waals surface area contributed by atoms with E-state index in [1.165, 1.54) is 6.07 Å². The van der Waals surface area contributed by atoms with Crippen LogP contribution in [-0.4, -0.2) is 50.8 Å². The van der Waals surface area contributed by atoms with E-state index in [-0.39, 0.29) is 17.7 Å². The van der Waals surface area contributed by atoms with Gasteiger partial charge in [-0.1, -0.05) is 18.2 Å². The molecule has 1 aliphatic carbocycles. The summed E-state index contributed by atoms with van der Waals surface area (Å²) in [4.78, 5) is 27.3. The van der Waals surface area contributed by atoms with E-state index in [0.717, 1.165) is 61.9 Å². The third-order valence-corrected chi connectivity index (χ3v) is 8.33. The number of hydrogen-bond acceptors (Lipinski definition) is 4. The molecule has 1 saturated carbocycles. The minimum atomic E-state index is -0.642. The van der Waals surface area contributed by atoms with Gasteiger partial charge in [-0.2, -0.15) is 0 Å². The second-order valence-corrected chi connectivity index (χ2v) is 11.5. The number of fused-ring (bicyclic) bond motifs is 1. The number of hydrogen-bond donors (Lipinski definition) is 2. The number of halogens is 1. The first kappa shape index (κ1) is 24.0. The van der Waals surface area contributed by atoms with Crippen molar-refractivity contribution in [2.75, 3.05) is 13.1 Å². The molecule has 2 N–H and O–H groups in total. The summed E-state index contributed by atoms with van der Waals surface area (Å²) in [6.07, 6.45) is 5.51. The molecule has 37 heavy (non-hydrogen) atoms. The van der Waals surface area contributed by atoms with Crippen molar-refractivity contribution in [1.82, 2.24) is 14.9 Å². The second kappa shape index (κ2) is 9.19. The van der Waals surface area contributed by atoms with Gasteiger partial charge in [-0.05, 0) is 82.6 Å². The Kier molecular flexibility index (Phi) is 5.97. The van der Waals surface area contributed by atoms with E-state index in [9.17, 15) is 4.79 Å². The monoisotopic (exact) mass is 499 g/mol. The molecule has 1 aromatic heterocycles. The average molecular weight is 500 g/mol. The van der Waals surface area contributed by atoms with Crippen molar-refractivity contribution >= 4 is 28.4 Å². The third-order valence-electron chi connectivity index (χ3n) is 8.33. The SMILES string of the molecule is CC1(C)N=C(c2ccc(-c3nc4ccccc4[nH]3)cc2F)C(CCC2CCN(C(=O)C3CC3)C2)CC1=N. The summed E-state index contributed by atoms with van der Waals surface area (Å²) < 4.78 is 15.6. The molecule has 2 aromatic carbocycles. The Balaban J connectivity index is 1.22. The first-order chi connectivity index (χ1) is 17.8. The lowest BCUT2D eigenvalue weighted by Gasteiger charge is -2.34. The van der Waals surface area contributed by atoms with E-state index in [1.807, 2.05) is 55.1 Å². The molecular weight excluding hydrogens is 465 g/mol. The molecule has 1 saturated heterocycles. The summed E-state index contributed by atoms with van der Waals surface area (Å²) in [6, 6.07) is 13.0. The standard InChI is InChI=1S/C30H34FN5O/c1-30(2)26(32)16-20(8-7-18-13-14-36(17-18)29(37)19-9-10-19)27(35-30)22-12-11-21(15-23(22)31)28-33-24-5-3-4-6-25(24)34-28/h3-6,11-12,15,18-20,32H,7-10,13-14,16-17H2,1-2H3,(H,33,34). The van der Waals surface area contributed by atoms with Crippen LogP contribution in [0.3, 0.4) is 0 Å². The molecule has 2 atom stereocenters. The molecule has 2 fully saturated rings. The van der Waals surface area contributed by atoms with Crippen LogP contribution in [0.1, 0.15) is 57.9 Å². The van der Waals surface area contributed by atoms with E-state index in [1.54, 1.807) is 0 Å². The molecule has 6 rings (SSSR count). The third kappa shape index (κ3) is 4.72. The van der Waals surface area contributed by atoms with Crippen molar-refractivity contribution in [2.45, 2.75) is 57.9 Å². The van der Waals surface area contributed by atoms with Crippen molar-refractivity contribution in [2.24, 2.45) is 22.7 Å². The Morgan fingerprint density at radius 1 is 1.16 bits per heavy atom. The predicted octanol–water partition coefficient (Wildman–Crippen LogP) is 6.02. The van der Waals surface area contributed by atoms with Gasteiger partial charge in [0, 0.05) is 47.5 Å². The van der Waals surface area contributed by atoms with Crippen LogP contribution >= 0.6 is 0 Å². The number of aliphatic imine (C=N–C) groups is 1. The second-order valence-electron chi connectivity index (χ2n) is 11.5. The van der Waals surface area contributed by atoms with Crippen LogP contribution in [-0.2, 0) is 4.79 Å². The van der Waals surface area contributed by atoms with Crippen molar-refractivity contribution in [3.8, 4) is 11.4 Å². The molecular formula is C30H34FN5O. The highest BCUT2D eigenvalue weighted by Gasteiger charge is 2.38. The number of imidazole rings is 1. The Bertz CT molecular complexity index is 1370. The minimum absolute atomic E-state index is 0.000240. The first-order valence-electron chi connectivity index (χ1n) is 13.5. The number of aromatic nitrogens is 2. The van der Waals surface area contributed by atoms with Crippen LogP contribution < -0.4 is 0 Å². The highest BCUT2D eigenvalue weighted by molar-refractivity contribution is 6.10. The van der Waals surface area contributed by atoms with Crippen LogP contribution in [0.25, 0.3) is 22.4 Å². The van der Waals surface area contributed by atoms with Gasteiger partial charge in [-0.15, -0.1) is 0 Å². The number of aromatic amines is 1. The maximum Gasteiger partial charge on any atom is 0.225 e. The number of rotatable bonds is 6. The van der Waals surface area contributed by atoms with E-state index < -0.39 is 5.54 Å². The summed E-state index contributed by atoms with van der Waals surface area (Å²) in [6.45, 7) is 5.56. The number of likely N-dealkylation sites (tertiary alicyclic amines) is 1. The number of para-hydroxylation sites is 2. The fourth-order valence-electron chi connectivity index (χ4n) is 5.83. The summed E-state index contributed by atoms with van der Waals surface area (Å²) in [5, 5.41) is 8.59. The Hall–Kier alpha value is -3.35. The zero-order valence-corrected chi connectivity index (χ0v) is 21.6. The normalized spacial score (nSPS) is 23.5. The number of nitrogens with one attached hydrogen (secondary N) is 2. The fourth-order valence-corrected chi connectivity index (χ4v) is 5.83. The van der Waals surface area contributed by atoms with Gasteiger partial charge in [0.2, 0.25) is 5.91 Å². The van der Waals surface area contributed by atoms with Crippen molar-refractivity contribution in [1.29, 1.82) is 5.41 Å². The van der Waals surface area contributed by atoms with Crippen LogP contribution in [0.2, 0.25) is 0 Å². The van der Waals surface area contributed by atoms with Crippen molar-refractivity contribution in [3.05, 3.63) is 53.8 Å². The molecule has 6 nitrogen and oxygen atoms in total. The Morgan fingerprint density at radius 3 is 2.73 bits per heavy atom. The number of benzene rings is 2. The van der Waals surface area contributed by atoms with E-state index >= 15 is 4.39 Å². The fraction of sp³-hybridized carbons (Fsp3) is 0.467. The largest absolute Gasteiger partial charge is 0.342 e. The maximum atomic E-state index is 15.6. The molecule has 3 heterocycles. The minimum Gasteiger partial charge on any atom is -0.342 e. The van der Waals surface area contributed by atoms with Gasteiger partial charge in [-0.25, -0.2) is 9.37 Å². The van der Waals surface area contributed by atoms with Crippen molar-refractivity contribution in [3.63, 3.8) is 0 Å². The molecule has 3 aromatic rings. The highest BCUT2D eigenvalue weighted by atomic mass is 19.1. The molecule has 2 unspecified atom stereocenters. The maximum absolute atomic E-state index is 15.6. The van der Waals surface area contributed by atoms with Gasteiger partial charge in [-0.3, -0.25) is 9.79 Å². The zero-order chi connectivity index (χ0) is 25.7. The van der Waals surface area contributed by atoms with Gasteiger partial charge in [0.1, 0.15) is 11.6 Å². The Morgan fingerprint density at radius 2 is 1.97 bits per heavy atom. The first-order valence-corrected chi connectivity index (χ1v) is 13.5. The number of amides is 1. The average Bonchev–Trinajstić information content (AvgIpc) is 3.46. The van der Waals surface area contributed by atoms with Gasteiger partial charge >= 0.3 is 0 Å². The van der Waals surface area contributed by atoms with Crippen LogP contribution in [0.5, 0.6) is 0 Å². The van der Waals surface area contributed by atoms with Crippen LogP contribution in [0.15, 0.2) is 47.5 Å². The lowest BCUT2D eigenvalue weighted by atomic mass is 9.78. The van der Waals surface area contributed by atoms with Crippen LogP contribution in [0, 0.1) is 29.0 Å². The molecule has 7 heteroatoms. The number of carbonyl (C=O) groups excluding carboxylic acids is 1. The molecule has 3 aliphatic rings. The topological polar surface area (TPSA) is 85.2 Å². The van der Waals surface area contributed by atoms with Crippen molar-refractivity contribution < 1.29 is 9.18 Å². The quantitative estimate of drug-likeness (QED) is 0.435. The molecule has 2 aliphatic heterocycles. The molecule has 0 bridgehead atoms. The molecule has 192 valence electrons. The Labute approximate surface area is 216 Å². The number of nitrogens with zero attached hydrogens (tertiary/aromatic N) is 3. The van der Waals surface area contributed by atoms with E-state index in [4.69, 9.17) is 10.4 Å². The summed E-state index contributed by atoms with van der Waals surface area (Å²) in [5.41, 5.74) is 3.70. The molecule has 0 radical (unpaired) electrons. The van der Waals surface area contributed by atoms with E-state index in [2.05, 4.69) is 9.97 Å². The number of carbonyl (C=O) groups is 1. The lowest BCUT2D eigenvalue weighted by Crippen LogP contribution is -2.40. The van der Waals surface area contributed by atoms with E-state index in [0.29, 0.717) is 40.9 Å². The zero-order valence-electron chi connectivity index (χ0n) is 21.6. The predicted molar refractivity (Wildman–Crippen MR) is 145 cm³/mol. The highest BCUT2D eigenvalue weighted by Crippen LogP contribution is 2.36. The van der Waals surface area contributed by atoms with Gasteiger partial charge in [0.25, 0.3) is 0 Å². The van der Waals surface area contributed by atoms with Gasteiger partial charge in [0.05, 0.1) is 16.6 Å². The summed E-state index contributed by atoms with van der Waals surface area (Å²) in [5.74, 6) is 1.39. The smallest absolute Gasteiger partial charge is 0.225 e. The van der Waals surface area contributed by atoms with Gasteiger partial charge < -0.3 is 15.3 Å². The molecule has 0 spiro atoms. The molecule has 1 amide bonds. The van der Waals surface area contributed by atoms with Gasteiger partial charge in [0.15, 0.2) is 0 Å². The lowest BCUT2D eigenvalue weighted by molar-refractivity contribution is -0.131. The number of H-pyrrole nitrogens is 1. The summed E-state index contributed by atoms with van der Waals surface area (Å²) >= 11 is 0. The summed E-state index contributed by atoms with van der Waals surface area (Å²) in [7, 11) is 0.